The highest BCUT2D eigenvalue weighted by Crippen LogP contribution is 2.38. The van der Waals surface area contributed by atoms with Crippen LogP contribution in [0.1, 0.15) is 66.2 Å². The summed E-state index contributed by atoms with van der Waals surface area (Å²) in [4.78, 5) is 2.81. The van der Waals surface area contributed by atoms with Crippen molar-refractivity contribution in [1.82, 2.24) is 10.2 Å². The highest BCUT2D eigenvalue weighted by Gasteiger charge is 2.46. The molecule has 1 unspecified atom stereocenters. The average molecular weight is 238 g/mol. The van der Waals surface area contributed by atoms with Crippen molar-refractivity contribution in [2.24, 2.45) is 0 Å². The van der Waals surface area contributed by atoms with Gasteiger partial charge in [0.1, 0.15) is 0 Å². The Morgan fingerprint density at radius 1 is 1.18 bits per heavy atom. The lowest BCUT2D eigenvalue weighted by atomic mass is 9.75. The first-order chi connectivity index (χ1) is 8.01. The molecule has 100 valence electrons. The minimum atomic E-state index is 0.326. The van der Waals surface area contributed by atoms with Gasteiger partial charge in [0.05, 0.1) is 0 Å². The van der Waals surface area contributed by atoms with Crippen molar-refractivity contribution in [2.45, 2.75) is 83.3 Å². The molecule has 17 heavy (non-hydrogen) atoms. The SMILES string of the molecule is CCC1(C)CN(C(C)C)C2(CCCCC2)CN1. The third-order valence-corrected chi connectivity index (χ3v) is 5.16. The maximum Gasteiger partial charge on any atom is 0.0337 e. The zero-order valence-electron chi connectivity index (χ0n) is 12.2. The van der Waals surface area contributed by atoms with Gasteiger partial charge >= 0.3 is 0 Å². The van der Waals surface area contributed by atoms with E-state index in [1.165, 1.54) is 51.6 Å². The van der Waals surface area contributed by atoms with Crippen LogP contribution in [0.15, 0.2) is 0 Å². The lowest BCUT2D eigenvalue weighted by Crippen LogP contribution is -2.70. The molecule has 0 aromatic carbocycles. The standard InChI is InChI=1S/C15H30N2/c1-5-14(4)12-17(13(2)3)15(11-16-14)9-7-6-8-10-15/h13,16H,5-12H2,1-4H3. The van der Waals surface area contributed by atoms with Gasteiger partial charge in [0, 0.05) is 30.2 Å². The topological polar surface area (TPSA) is 15.3 Å². The molecule has 1 spiro atoms. The van der Waals surface area contributed by atoms with Gasteiger partial charge in [-0.1, -0.05) is 26.2 Å². The first kappa shape index (κ1) is 13.4. The Hall–Kier alpha value is -0.0800. The molecule has 0 aromatic heterocycles. The van der Waals surface area contributed by atoms with Crippen LogP contribution in [0.2, 0.25) is 0 Å². The second-order valence-corrected chi connectivity index (χ2v) is 6.77. The van der Waals surface area contributed by atoms with Crippen LogP contribution < -0.4 is 5.32 Å². The smallest absolute Gasteiger partial charge is 0.0337 e. The molecule has 1 saturated carbocycles. The molecule has 2 rings (SSSR count). The third-order valence-electron chi connectivity index (χ3n) is 5.16. The number of nitrogens with one attached hydrogen (secondary N) is 1. The zero-order chi connectivity index (χ0) is 12.5. The summed E-state index contributed by atoms with van der Waals surface area (Å²) < 4.78 is 0. The number of hydrogen-bond acceptors (Lipinski definition) is 2. The second kappa shape index (κ2) is 4.89. The van der Waals surface area contributed by atoms with Crippen LogP contribution in [0, 0.1) is 0 Å². The summed E-state index contributed by atoms with van der Waals surface area (Å²) >= 11 is 0. The largest absolute Gasteiger partial charge is 0.308 e. The fourth-order valence-electron chi connectivity index (χ4n) is 3.72. The van der Waals surface area contributed by atoms with Gasteiger partial charge in [-0.3, -0.25) is 4.90 Å². The molecule has 1 heterocycles. The van der Waals surface area contributed by atoms with E-state index in [9.17, 15) is 0 Å². The van der Waals surface area contributed by atoms with E-state index < -0.39 is 0 Å². The van der Waals surface area contributed by atoms with Gasteiger partial charge in [-0.2, -0.15) is 0 Å². The van der Waals surface area contributed by atoms with Crippen molar-refractivity contribution in [3.8, 4) is 0 Å². The molecule has 1 aliphatic heterocycles. The van der Waals surface area contributed by atoms with Gasteiger partial charge < -0.3 is 5.32 Å². The lowest BCUT2D eigenvalue weighted by Gasteiger charge is -2.57. The van der Waals surface area contributed by atoms with E-state index in [-0.39, 0.29) is 0 Å². The van der Waals surface area contributed by atoms with Crippen molar-refractivity contribution in [3.05, 3.63) is 0 Å². The number of piperazine rings is 1. The monoisotopic (exact) mass is 238 g/mol. The normalized spacial score (nSPS) is 34.4. The number of rotatable bonds is 2. The van der Waals surface area contributed by atoms with Crippen LogP contribution in [-0.2, 0) is 0 Å². The number of hydrogen-bond donors (Lipinski definition) is 1. The quantitative estimate of drug-likeness (QED) is 0.795. The first-order valence-electron chi connectivity index (χ1n) is 7.53. The summed E-state index contributed by atoms with van der Waals surface area (Å²) in [5.41, 5.74) is 0.800. The van der Waals surface area contributed by atoms with Crippen LogP contribution in [0.4, 0.5) is 0 Å². The maximum absolute atomic E-state index is 3.85. The first-order valence-corrected chi connectivity index (χ1v) is 7.53. The van der Waals surface area contributed by atoms with E-state index in [0.29, 0.717) is 17.1 Å². The zero-order valence-corrected chi connectivity index (χ0v) is 12.2. The fraction of sp³-hybridized carbons (Fsp3) is 1.00. The fourth-order valence-corrected chi connectivity index (χ4v) is 3.72. The highest BCUT2D eigenvalue weighted by molar-refractivity contribution is 5.05. The number of nitrogens with zero attached hydrogens (tertiary/aromatic N) is 1. The van der Waals surface area contributed by atoms with E-state index in [1.54, 1.807) is 0 Å². The van der Waals surface area contributed by atoms with Crippen molar-refractivity contribution >= 4 is 0 Å². The van der Waals surface area contributed by atoms with Gasteiger partial charge in [0.2, 0.25) is 0 Å². The van der Waals surface area contributed by atoms with Gasteiger partial charge in [-0.05, 0) is 40.0 Å². The molecular formula is C15H30N2. The van der Waals surface area contributed by atoms with E-state index in [1.807, 2.05) is 0 Å². The van der Waals surface area contributed by atoms with E-state index in [2.05, 4.69) is 37.9 Å². The summed E-state index contributed by atoms with van der Waals surface area (Å²) in [5, 5.41) is 3.85. The summed E-state index contributed by atoms with van der Waals surface area (Å²) in [5.74, 6) is 0. The molecule has 2 heteroatoms. The summed E-state index contributed by atoms with van der Waals surface area (Å²) in [6.07, 6.45) is 8.32. The predicted octanol–water partition coefficient (Wildman–Crippen LogP) is 3.17. The average Bonchev–Trinajstić information content (AvgIpc) is 2.34. The molecule has 2 fully saturated rings. The molecule has 1 atom stereocenters. The van der Waals surface area contributed by atoms with Crippen LogP contribution in [0.25, 0.3) is 0 Å². The van der Waals surface area contributed by atoms with Crippen molar-refractivity contribution < 1.29 is 0 Å². The van der Waals surface area contributed by atoms with Gasteiger partial charge in [0.25, 0.3) is 0 Å². The molecule has 0 amide bonds. The van der Waals surface area contributed by atoms with Crippen LogP contribution in [0.3, 0.4) is 0 Å². The van der Waals surface area contributed by atoms with E-state index >= 15 is 0 Å². The predicted molar refractivity (Wildman–Crippen MR) is 74.4 cm³/mol. The minimum absolute atomic E-state index is 0.326. The molecule has 1 aliphatic carbocycles. The Labute approximate surface area is 107 Å². The molecule has 2 nitrogen and oxygen atoms in total. The van der Waals surface area contributed by atoms with E-state index in [4.69, 9.17) is 0 Å². The molecule has 0 aromatic rings. The lowest BCUT2D eigenvalue weighted by molar-refractivity contribution is -0.0360. The Kier molecular flexibility index (Phi) is 3.84. The summed E-state index contributed by atoms with van der Waals surface area (Å²) in [6.45, 7) is 11.9. The van der Waals surface area contributed by atoms with E-state index in [0.717, 1.165) is 0 Å². The third kappa shape index (κ3) is 2.53. The van der Waals surface area contributed by atoms with Crippen molar-refractivity contribution in [1.29, 1.82) is 0 Å². The Morgan fingerprint density at radius 3 is 2.35 bits per heavy atom. The van der Waals surface area contributed by atoms with Crippen LogP contribution in [0.5, 0.6) is 0 Å². The highest BCUT2D eigenvalue weighted by atomic mass is 15.3. The molecule has 2 aliphatic rings. The molecule has 0 radical (unpaired) electrons. The van der Waals surface area contributed by atoms with Gasteiger partial charge in [-0.15, -0.1) is 0 Å². The van der Waals surface area contributed by atoms with Crippen molar-refractivity contribution in [3.63, 3.8) is 0 Å². The Bertz CT molecular complexity index is 256. The molecule has 1 saturated heterocycles. The van der Waals surface area contributed by atoms with Gasteiger partial charge in [0.15, 0.2) is 0 Å². The second-order valence-electron chi connectivity index (χ2n) is 6.77. The van der Waals surface area contributed by atoms with Crippen LogP contribution in [-0.4, -0.2) is 35.1 Å². The maximum atomic E-state index is 3.85. The Morgan fingerprint density at radius 2 is 1.82 bits per heavy atom. The van der Waals surface area contributed by atoms with Crippen LogP contribution >= 0.6 is 0 Å². The minimum Gasteiger partial charge on any atom is -0.308 e. The molecule has 1 N–H and O–H groups in total. The summed E-state index contributed by atoms with van der Waals surface area (Å²) in [6, 6.07) is 0.682. The molecule has 0 bridgehead atoms. The van der Waals surface area contributed by atoms with Gasteiger partial charge in [-0.25, -0.2) is 0 Å². The van der Waals surface area contributed by atoms with Crippen molar-refractivity contribution in [2.75, 3.05) is 13.1 Å². The molecular weight excluding hydrogens is 208 g/mol. The summed E-state index contributed by atoms with van der Waals surface area (Å²) in [7, 11) is 0. The Balaban J connectivity index is 2.17.